The van der Waals surface area contributed by atoms with E-state index in [1.807, 2.05) is 30.3 Å². The molecule has 2 aromatic rings. The van der Waals surface area contributed by atoms with Gasteiger partial charge >= 0.3 is 0 Å². The molecule has 0 radical (unpaired) electrons. The lowest BCUT2D eigenvalue weighted by Gasteiger charge is -2.15. The van der Waals surface area contributed by atoms with Crippen LogP contribution in [-0.4, -0.2) is 19.0 Å². The summed E-state index contributed by atoms with van der Waals surface area (Å²) < 4.78 is 15.8. The molecule has 1 aliphatic heterocycles. The summed E-state index contributed by atoms with van der Waals surface area (Å²) in [6, 6.07) is 12.8. The number of para-hydroxylation sites is 1. The Bertz CT molecular complexity index is 594. The highest BCUT2D eigenvalue weighted by Gasteiger charge is 2.19. The van der Waals surface area contributed by atoms with Gasteiger partial charge in [0.1, 0.15) is 11.9 Å². The quantitative estimate of drug-likeness (QED) is 0.919. The van der Waals surface area contributed by atoms with Crippen molar-refractivity contribution in [1.82, 2.24) is 0 Å². The third kappa shape index (κ3) is 2.11. The van der Waals surface area contributed by atoms with Gasteiger partial charge in [-0.15, -0.1) is 0 Å². The molecule has 0 aromatic heterocycles. The minimum Gasteiger partial charge on any atom is -0.496 e. The average Bonchev–Trinajstić information content (AvgIpc) is 2.93. The van der Waals surface area contributed by atoms with E-state index in [4.69, 9.17) is 14.2 Å². The molecule has 1 heterocycles. The van der Waals surface area contributed by atoms with Gasteiger partial charge in [0.2, 0.25) is 6.79 Å². The van der Waals surface area contributed by atoms with E-state index in [-0.39, 0.29) is 6.79 Å². The van der Waals surface area contributed by atoms with Gasteiger partial charge in [-0.25, -0.2) is 0 Å². The van der Waals surface area contributed by atoms with Gasteiger partial charge in [0, 0.05) is 5.56 Å². The van der Waals surface area contributed by atoms with Crippen molar-refractivity contribution in [3.05, 3.63) is 53.6 Å². The molecule has 4 heteroatoms. The number of fused-ring (bicyclic) bond motifs is 1. The molecule has 4 nitrogen and oxygen atoms in total. The van der Waals surface area contributed by atoms with Crippen molar-refractivity contribution in [3.63, 3.8) is 0 Å². The monoisotopic (exact) mass is 258 g/mol. The van der Waals surface area contributed by atoms with Gasteiger partial charge in [-0.05, 0) is 23.8 Å². The summed E-state index contributed by atoms with van der Waals surface area (Å²) in [5, 5.41) is 10.5. The highest BCUT2D eigenvalue weighted by molar-refractivity contribution is 5.48. The molecule has 0 saturated carbocycles. The summed E-state index contributed by atoms with van der Waals surface area (Å²) in [6.45, 7) is 0.226. The third-order valence-electron chi connectivity index (χ3n) is 3.15. The number of benzene rings is 2. The third-order valence-corrected chi connectivity index (χ3v) is 3.15. The van der Waals surface area contributed by atoms with Gasteiger partial charge < -0.3 is 19.3 Å². The van der Waals surface area contributed by atoms with E-state index >= 15 is 0 Å². The molecule has 1 N–H and O–H groups in total. The maximum Gasteiger partial charge on any atom is 0.231 e. The summed E-state index contributed by atoms with van der Waals surface area (Å²) in [4.78, 5) is 0. The van der Waals surface area contributed by atoms with E-state index in [2.05, 4.69) is 0 Å². The predicted molar refractivity (Wildman–Crippen MR) is 69.6 cm³/mol. The van der Waals surface area contributed by atoms with Crippen LogP contribution in [0.2, 0.25) is 0 Å². The van der Waals surface area contributed by atoms with E-state index in [1.54, 1.807) is 19.2 Å². The fourth-order valence-electron chi connectivity index (χ4n) is 2.16. The smallest absolute Gasteiger partial charge is 0.231 e. The Morgan fingerprint density at radius 2 is 1.89 bits per heavy atom. The number of hydrogen-bond acceptors (Lipinski definition) is 4. The zero-order chi connectivity index (χ0) is 13.2. The van der Waals surface area contributed by atoms with E-state index in [0.29, 0.717) is 17.2 Å². The van der Waals surface area contributed by atoms with E-state index in [1.165, 1.54) is 0 Å². The van der Waals surface area contributed by atoms with Crippen molar-refractivity contribution in [3.8, 4) is 17.2 Å². The fourth-order valence-corrected chi connectivity index (χ4v) is 2.16. The van der Waals surface area contributed by atoms with Crippen LogP contribution in [0.5, 0.6) is 17.2 Å². The van der Waals surface area contributed by atoms with Crippen LogP contribution in [0.15, 0.2) is 42.5 Å². The van der Waals surface area contributed by atoms with Gasteiger partial charge in [-0.1, -0.05) is 24.3 Å². The van der Waals surface area contributed by atoms with Crippen LogP contribution >= 0.6 is 0 Å². The average molecular weight is 258 g/mol. The van der Waals surface area contributed by atoms with Crippen LogP contribution in [0, 0.1) is 0 Å². The lowest BCUT2D eigenvalue weighted by Crippen LogP contribution is -2.02. The van der Waals surface area contributed by atoms with E-state index < -0.39 is 6.10 Å². The first-order valence-corrected chi connectivity index (χ1v) is 6.00. The lowest BCUT2D eigenvalue weighted by atomic mass is 10.0. The minimum atomic E-state index is -0.759. The maximum absolute atomic E-state index is 10.5. The molecule has 0 spiro atoms. The second kappa shape index (κ2) is 4.82. The molecule has 0 fully saturated rings. The van der Waals surface area contributed by atoms with Crippen LogP contribution in [-0.2, 0) is 0 Å². The summed E-state index contributed by atoms with van der Waals surface area (Å²) in [5.74, 6) is 2.02. The molecule has 0 aliphatic carbocycles. The zero-order valence-electron chi connectivity index (χ0n) is 10.5. The number of rotatable bonds is 3. The summed E-state index contributed by atoms with van der Waals surface area (Å²) in [7, 11) is 1.59. The highest BCUT2D eigenvalue weighted by atomic mass is 16.7. The van der Waals surface area contributed by atoms with Crippen LogP contribution < -0.4 is 14.2 Å². The Morgan fingerprint density at radius 3 is 2.74 bits per heavy atom. The first-order chi connectivity index (χ1) is 9.29. The molecule has 1 unspecified atom stereocenters. The molecule has 2 aromatic carbocycles. The molecule has 98 valence electrons. The first kappa shape index (κ1) is 11.9. The predicted octanol–water partition coefficient (Wildman–Crippen LogP) is 2.51. The molecule has 0 saturated heterocycles. The normalized spacial score (nSPS) is 14.2. The number of hydrogen-bond donors (Lipinski definition) is 1. The summed E-state index contributed by atoms with van der Waals surface area (Å²) in [5.41, 5.74) is 1.47. The van der Waals surface area contributed by atoms with Gasteiger partial charge in [-0.2, -0.15) is 0 Å². The van der Waals surface area contributed by atoms with E-state index in [9.17, 15) is 5.11 Å². The lowest BCUT2D eigenvalue weighted by molar-refractivity contribution is 0.173. The minimum absolute atomic E-state index is 0.226. The number of methoxy groups -OCH3 is 1. The number of ether oxygens (including phenoxy) is 3. The first-order valence-electron chi connectivity index (χ1n) is 6.00. The fraction of sp³-hybridized carbons (Fsp3) is 0.200. The number of aliphatic hydroxyl groups is 1. The van der Waals surface area contributed by atoms with Gasteiger partial charge in [0.25, 0.3) is 0 Å². The standard InChI is InChI=1S/C15H14O4/c1-17-12-5-3-2-4-11(12)15(16)10-6-7-13-14(8-10)19-9-18-13/h2-8,15-16H,9H2,1H3. The summed E-state index contributed by atoms with van der Waals surface area (Å²) >= 11 is 0. The molecular formula is C15H14O4. The Labute approximate surface area is 111 Å². The molecule has 19 heavy (non-hydrogen) atoms. The Balaban J connectivity index is 1.97. The van der Waals surface area contributed by atoms with Crippen molar-refractivity contribution in [2.24, 2.45) is 0 Å². The van der Waals surface area contributed by atoms with Crippen LogP contribution in [0.25, 0.3) is 0 Å². The second-order valence-electron chi connectivity index (χ2n) is 4.26. The second-order valence-corrected chi connectivity index (χ2v) is 4.26. The van der Waals surface area contributed by atoms with Crippen LogP contribution in [0.3, 0.4) is 0 Å². The van der Waals surface area contributed by atoms with Gasteiger partial charge in [-0.3, -0.25) is 0 Å². The Kier molecular flexibility index (Phi) is 3.01. The zero-order valence-corrected chi connectivity index (χ0v) is 10.5. The molecule has 1 aliphatic rings. The van der Waals surface area contributed by atoms with Crippen molar-refractivity contribution in [2.45, 2.75) is 6.10 Å². The Hall–Kier alpha value is -2.20. The Morgan fingerprint density at radius 1 is 1.11 bits per heavy atom. The maximum atomic E-state index is 10.5. The van der Waals surface area contributed by atoms with Crippen LogP contribution in [0.1, 0.15) is 17.2 Å². The molecule has 0 bridgehead atoms. The molecule has 0 amide bonds. The summed E-state index contributed by atoms with van der Waals surface area (Å²) in [6.07, 6.45) is -0.759. The number of aliphatic hydroxyl groups excluding tert-OH is 1. The van der Waals surface area contributed by atoms with Gasteiger partial charge in [0.05, 0.1) is 7.11 Å². The van der Waals surface area contributed by atoms with Crippen molar-refractivity contribution in [2.75, 3.05) is 13.9 Å². The van der Waals surface area contributed by atoms with Crippen molar-refractivity contribution in [1.29, 1.82) is 0 Å². The SMILES string of the molecule is COc1ccccc1C(O)c1ccc2c(c1)OCO2. The largest absolute Gasteiger partial charge is 0.496 e. The highest BCUT2D eigenvalue weighted by Crippen LogP contribution is 2.37. The van der Waals surface area contributed by atoms with Gasteiger partial charge in [0.15, 0.2) is 11.5 Å². The topological polar surface area (TPSA) is 47.9 Å². The molecular weight excluding hydrogens is 244 g/mol. The van der Waals surface area contributed by atoms with Crippen molar-refractivity contribution < 1.29 is 19.3 Å². The van der Waals surface area contributed by atoms with E-state index in [0.717, 1.165) is 11.1 Å². The molecule has 1 atom stereocenters. The van der Waals surface area contributed by atoms with Crippen LogP contribution in [0.4, 0.5) is 0 Å². The molecule has 3 rings (SSSR count). The van der Waals surface area contributed by atoms with Crippen molar-refractivity contribution >= 4 is 0 Å².